The van der Waals surface area contributed by atoms with E-state index < -0.39 is 42.9 Å². The average Bonchev–Trinajstić information content (AvgIpc) is 3.12. The molecule has 0 heterocycles. The van der Waals surface area contributed by atoms with E-state index in [-0.39, 0.29) is 39.3 Å². The summed E-state index contributed by atoms with van der Waals surface area (Å²) in [5, 5.41) is 8.91. The highest BCUT2D eigenvalue weighted by Gasteiger charge is 2.46. The SMILES string of the molecule is CS(=O)(=O)c1cc(Cl)ccc1CO[C@H]1C[C@@H](S(=O)(=O)c2ccccc2Cl)C[C@@H]1C(=O)O. The van der Waals surface area contributed by atoms with E-state index in [1.54, 1.807) is 12.1 Å². The van der Waals surface area contributed by atoms with Crippen LogP contribution >= 0.6 is 23.2 Å². The Labute approximate surface area is 190 Å². The van der Waals surface area contributed by atoms with E-state index in [9.17, 15) is 26.7 Å². The molecule has 3 atom stereocenters. The minimum atomic E-state index is -3.88. The second-order valence-electron chi connectivity index (χ2n) is 7.39. The molecule has 0 bridgehead atoms. The molecule has 31 heavy (non-hydrogen) atoms. The van der Waals surface area contributed by atoms with Crippen molar-refractivity contribution in [2.45, 2.75) is 40.6 Å². The highest BCUT2D eigenvalue weighted by molar-refractivity contribution is 7.92. The minimum Gasteiger partial charge on any atom is -0.481 e. The third-order valence-electron chi connectivity index (χ3n) is 5.24. The summed E-state index contributed by atoms with van der Waals surface area (Å²) < 4.78 is 55.9. The lowest BCUT2D eigenvalue weighted by Gasteiger charge is -2.18. The Morgan fingerprint density at radius 2 is 1.74 bits per heavy atom. The van der Waals surface area contributed by atoms with Crippen molar-refractivity contribution < 1.29 is 31.5 Å². The van der Waals surface area contributed by atoms with Crippen LogP contribution < -0.4 is 0 Å². The van der Waals surface area contributed by atoms with Crippen LogP contribution in [0, 0.1) is 5.92 Å². The molecule has 0 unspecified atom stereocenters. The van der Waals surface area contributed by atoms with Gasteiger partial charge >= 0.3 is 5.97 Å². The fourth-order valence-corrected chi connectivity index (χ4v) is 7.21. The molecule has 1 aliphatic rings. The molecule has 7 nitrogen and oxygen atoms in total. The van der Waals surface area contributed by atoms with E-state index in [0.29, 0.717) is 5.56 Å². The molecule has 1 N–H and O–H groups in total. The van der Waals surface area contributed by atoms with Crippen molar-refractivity contribution in [1.29, 1.82) is 0 Å². The third-order valence-corrected chi connectivity index (χ3v) is 9.33. The number of hydrogen-bond acceptors (Lipinski definition) is 6. The lowest BCUT2D eigenvalue weighted by molar-refractivity contribution is -0.146. The molecule has 1 aliphatic carbocycles. The van der Waals surface area contributed by atoms with Gasteiger partial charge in [-0.3, -0.25) is 4.79 Å². The molecule has 168 valence electrons. The molecule has 0 saturated heterocycles. The number of benzene rings is 2. The van der Waals surface area contributed by atoms with Gasteiger partial charge in [-0.2, -0.15) is 0 Å². The van der Waals surface area contributed by atoms with E-state index in [1.165, 1.54) is 30.3 Å². The minimum absolute atomic E-state index is 0.0230. The Kier molecular flexibility index (Phi) is 7.02. The molecule has 0 radical (unpaired) electrons. The van der Waals surface area contributed by atoms with Gasteiger partial charge in [-0.15, -0.1) is 0 Å². The number of carboxylic acid groups (broad SMARTS) is 1. The summed E-state index contributed by atoms with van der Waals surface area (Å²) >= 11 is 11.9. The van der Waals surface area contributed by atoms with E-state index >= 15 is 0 Å². The Bertz CT molecular complexity index is 1210. The lowest BCUT2D eigenvalue weighted by atomic mass is 10.1. The van der Waals surface area contributed by atoms with Crippen LogP contribution in [-0.2, 0) is 35.8 Å². The van der Waals surface area contributed by atoms with Gasteiger partial charge in [-0.1, -0.05) is 41.4 Å². The maximum Gasteiger partial charge on any atom is 0.309 e. The maximum absolute atomic E-state index is 13.0. The number of aliphatic carboxylic acids is 1. The van der Waals surface area contributed by atoms with Gasteiger partial charge in [-0.25, -0.2) is 16.8 Å². The monoisotopic (exact) mass is 506 g/mol. The first-order valence-electron chi connectivity index (χ1n) is 9.22. The highest BCUT2D eigenvalue weighted by Crippen LogP contribution is 2.38. The van der Waals surface area contributed by atoms with Crippen molar-refractivity contribution in [2.24, 2.45) is 5.92 Å². The van der Waals surface area contributed by atoms with Crippen LogP contribution in [0.2, 0.25) is 10.0 Å². The van der Waals surface area contributed by atoms with Crippen molar-refractivity contribution in [2.75, 3.05) is 6.26 Å². The molecular formula is C20H20Cl2O7S2. The Morgan fingerprint density at radius 3 is 2.35 bits per heavy atom. The molecule has 2 aromatic carbocycles. The molecule has 1 fully saturated rings. The van der Waals surface area contributed by atoms with Gasteiger partial charge in [0.15, 0.2) is 19.7 Å². The summed E-state index contributed by atoms with van der Waals surface area (Å²) in [6.07, 6.45) is -0.0634. The largest absolute Gasteiger partial charge is 0.481 e. The third kappa shape index (κ3) is 5.23. The zero-order valence-electron chi connectivity index (χ0n) is 16.4. The number of sulfone groups is 2. The number of hydrogen-bond donors (Lipinski definition) is 1. The smallest absolute Gasteiger partial charge is 0.309 e. The number of carboxylic acids is 1. The van der Waals surface area contributed by atoms with Gasteiger partial charge in [-0.05, 0) is 42.7 Å². The van der Waals surface area contributed by atoms with Crippen LogP contribution in [0.3, 0.4) is 0 Å². The van der Waals surface area contributed by atoms with E-state index in [4.69, 9.17) is 27.9 Å². The molecule has 3 rings (SSSR count). The zero-order chi connectivity index (χ0) is 23.0. The second kappa shape index (κ2) is 9.07. The topological polar surface area (TPSA) is 115 Å². The van der Waals surface area contributed by atoms with Gasteiger partial charge in [0, 0.05) is 11.3 Å². The van der Waals surface area contributed by atoms with Crippen LogP contribution in [0.1, 0.15) is 18.4 Å². The van der Waals surface area contributed by atoms with Gasteiger partial charge in [0.2, 0.25) is 0 Å². The normalized spacial score (nSPS) is 21.8. The zero-order valence-corrected chi connectivity index (χ0v) is 19.5. The fourth-order valence-electron chi connectivity index (χ4n) is 3.70. The molecule has 1 saturated carbocycles. The van der Waals surface area contributed by atoms with Crippen LogP contribution in [0.25, 0.3) is 0 Å². The number of halogens is 2. The predicted octanol–water partition coefficient (Wildman–Crippen LogP) is 3.62. The summed E-state index contributed by atoms with van der Waals surface area (Å²) in [6.45, 7) is -0.202. The number of rotatable bonds is 7. The van der Waals surface area contributed by atoms with Crippen LogP contribution in [0.15, 0.2) is 52.3 Å². The van der Waals surface area contributed by atoms with Crippen molar-refractivity contribution >= 4 is 48.8 Å². The Balaban J connectivity index is 1.84. The van der Waals surface area contributed by atoms with Gasteiger partial charge < -0.3 is 9.84 Å². The van der Waals surface area contributed by atoms with Crippen LogP contribution in [0.5, 0.6) is 0 Å². The standard InChI is InChI=1S/C20H20Cl2O7S2/c1-30(25,26)19-8-13(21)7-6-12(19)11-29-17-10-14(9-15(17)20(23)24)31(27,28)18-5-3-2-4-16(18)22/h2-8,14-15,17H,9-11H2,1H3,(H,23,24)/t14-,15-,17-/m0/s1. The summed E-state index contributed by atoms with van der Waals surface area (Å²) in [5.74, 6) is -2.24. The molecule has 0 amide bonds. The number of carbonyl (C=O) groups is 1. The first-order chi connectivity index (χ1) is 14.4. The molecule has 0 aromatic heterocycles. The highest BCUT2D eigenvalue weighted by atomic mass is 35.5. The summed E-state index contributed by atoms with van der Waals surface area (Å²) in [4.78, 5) is 11.7. The molecule has 0 aliphatic heterocycles. The summed E-state index contributed by atoms with van der Waals surface area (Å²) in [7, 11) is -7.47. The first-order valence-corrected chi connectivity index (χ1v) is 13.4. The van der Waals surface area contributed by atoms with Crippen LogP contribution in [0.4, 0.5) is 0 Å². The first kappa shape index (κ1) is 24.0. The second-order valence-corrected chi connectivity index (χ2v) is 12.4. The Hall–Kier alpha value is -1.65. The quantitative estimate of drug-likeness (QED) is 0.609. The maximum atomic E-state index is 13.0. The fraction of sp³-hybridized carbons (Fsp3) is 0.350. The average molecular weight is 507 g/mol. The van der Waals surface area contributed by atoms with Crippen LogP contribution in [-0.4, -0.2) is 45.5 Å². The van der Waals surface area contributed by atoms with Gasteiger partial charge in [0.1, 0.15) is 0 Å². The molecule has 2 aromatic rings. The van der Waals surface area contributed by atoms with Gasteiger partial charge in [0.05, 0.1) is 38.7 Å². The van der Waals surface area contributed by atoms with E-state index in [2.05, 4.69) is 0 Å². The predicted molar refractivity (Wildman–Crippen MR) is 116 cm³/mol. The van der Waals surface area contributed by atoms with Crippen molar-refractivity contribution in [3.63, 3.8) is 0 Å². The summed E-state index contributed by atoms with van der Waals surface area (Å²) in [6, 6.07) is 10.3. The lowest BCUT2D eigenvalue weighted by Crippen LogP contribution is -2.25. The number of ether oxygens (including phenoxy) is 1. The van der Waals surface area contributed by atoms with E-state index in [0.717, 1.165) is 6.26 Å². The van der Waals surface area contributed by atoms with Crippen molar-refractivity contribution in [3.8, 4) is 0 Å². The molecule has 0 spiro atoms. The van der Waals surface area contributed by atoms with Crippen molar-refractivity contribution in [3.05, 3.63) is 58.1 Å². The Morgan fingerprint density at radius 1 is 1.06 bits per heavy atom. The van der Waals surface area contributed by atoms with Crippen molar-refractivity contribution in [1.82, 2.24) is 0 Å². The molecular weight excluding hydrogens is 487 g/mol. The summed E-state index contributed by atoms with van der Waals surface area (Å²) in [5.41, 5.74) is 0.313. The van der Waals surface area contributed by atoms with Gasteiger partial charge in [0.25, 0.3) is 0 Å². The van der Waals surface area contributed by atoms with E-state index in [1.807, 2.05) is 0 Å². The molecule has 11 heteroatoms.